The molecule has 3 saturated carbocycles. The zero-order valence-corrected chi connectivity index (χ0v) is 7.18. The first-order valence-corrected chi connectivity index (χ1v) is 5.28. The smallest absolute Gasteiger partial charge is 0.0207 e. The van der Waals surface area contributed by atoms with Crippen LogP contribution in [0.25, 0.3) is 0 Å². The third-order valence-corrected chi connectivity index (χ3v) is 4.31. The van der Waals surface area contributed by atoms with Crippen LogP contribution in [0, 0.1) is 23.7 Å². The van der Waals surface area contributed by atoms with Crippen molar-refractivity contribution in [3.63, 3.8) is 0 Å². The highest BCUT2D eigenvalue weighted by Crippen LogP contribution is 2.54. The first kappa shape index (κ1) is 6.51. The summed E-state index contributed by atoms with van der Waals surface area (Å²) < 4.78 is 0. The Kier molecular flexibility index (Phi) is 1.33. The summed E-state index contributed by atoms with van der Waals surface area (Å²) >= 11 is 0. The summed E-state index contributed by atoms with van der Waals surface area (Å²) in [5.41, 5.74) is 0. The highest BCUT2D eigenvalue weighted by atomic mass is 14.5. The van der Waals surface area contributed by atoms with E-state index in [-0.39, 0.29) is 0 Å². The fourth-order valence-corrected chi connectivity index (χ4v) is 3.72. The monoisotopic (exact) mass is 149 g/mol. The van der Waals surface area contributed by atoms with Gasteiger partial charge in [-0.3, -0.25) is 0 Å². The van der Waals surface area contributed by atoms with Crippen LogP contribution in [-0.2, 0) is 0 Å². The van der Waals surface area contributed by atoms with Crippen LogP contribution in [-0.4, -0.2) is 0 Å². The summed E-state index contributed by atoms with van der Waals surface area (Å²) in [6.07, 6.45) is 10.8. The topological polar surface area (TPSA) is 0 Å². The minimum Gasteiger partial charge on any atom is -0.0525 e. The average Bonchev–Trinajstić information content (AvgIpc) is 2.48. The molecule has 61 valence electrons. The van der Waals surface area contributed by atoms with Gasteiger partial charge in [-0.1, -0.05) is 12.8 Å². The molecule has 11 heavy (non-hydrogen) atoms. The molecule has 0 aromatic heterocycles. The van der Waals surface area contributed by atoms with Crippen molar-refractivity contribution in [1.82, 2.24) is 0 Å². The Morgan fingerprint density at radius 3 is 3.00 bits per heavy atom. The Morgan fingerprint density at radius 2 is 2.00 bits per heavy atom. The molecular formula is C11H17. The maximum atomic E-state index is 1.97. The van der Waals surface area contributed by atoms with E-state index in [1.165, 1.54) is 19.3 Å². The van der Waals surface area contributed by atoms with E-state index in [2.05, 4.69) is 0 Å². The fraction of sp³-hybridized carbons (Fsp3) is 0.909. The molecule has 3 aliphatic carbocycles. The lowest BCUT2D eigenvalue weighted by Crippen LogP contribution is -2.28. The van der Waals surface area contributed by atoms with E-state index in [4.69, 9.17) is 0 Å². The second kappa shape index (κ2) is 2.24. The maximum Gasteiger partial charge on any atom is -0.0207 e. The molecule has 0 saturated heterocycles. The third-order valence-electron chi connectivity index (χ3n) is 4.31. The van der Waals surface area contributed by atoms with E-state index in [0.29, 0.717) is 0 Å². The molecule has 4 bridgehead atoms. The summed E-state index contributed by atoms with van der Waals surface area (Å²) in [7, 11) is 0. The molecule has 3 fully saturated rings. The predicted octanol–water partition coefficient (Wildman–Crippen LogP) is 3.18. The molecule has 3 aliphatic rings. The lowest BCUT2D eigenvalue weighted by molar-refractivity contribution is 0.208. The minimum atomic E-state index is 1.09. The van der Waals surface area contributed by atoms with Gasteiger partial charge in [-0.05, 0) is 55.8 Å². The van der Waals surface area contributed by atoms with Crippen LogP contribution in [0.3, 0.4) is 0 Å². The van der Waals surface area contributed by atoms with E-state index < -0.39 is 0 Å². The van der Waals surface area contributed by atoms with E-state index >= 15 is 0 Å². The van der Waals surface area contributed by atoms with Crippen molar-refractivity contribution in [2.24, 2.45) is 17.8 Å². The van der Waals surface area contributed by atoms with Gasteiger partial charge in [0.2, 0.25) is 0 Å². The Morgan fingerprint density at radius 1 is 1.00 bits per heavy atom. The molecule has 3 atom stereocenters. The van der Waals surface area contributed by atoms with Gasteiger partial charge in [0.15, 0.2) is 0 Å². The summed E-state index contributed by atoms with van der Waals surface area (Å²) in [6.45, 7) is 0. The average molecular weight is 149 g/mol. The Bertz CT molecular complexity index is 145. The zero-order valence-electron chi connectivity index (χ0n) is 7.18. The van der Waals surface area contributed by atoms with Gasteiger partial charge in [0.1, 0.15) is 0 Å². The molecule has 0 spiro atoms. The van der Waals surface area contributed by atoms with Crippen LogP contribution in [0.2, 0.25) is 0 Å². The van der Waals surface area contributed by atoms with Gasteiger partial charge in [-0.2, -0.15) is 0 Å². The molecule has 3 unspecified atom stereocenters. The number of rotatable bonds is 0. The number of hydrogen-bond donors (Lipinski definition) is 0. The molecule has 0 aromatic rings. The number of hydrogen-bond acceptors (Lipinski definition) is 0. The van der Waals surface area contributed by atoms with Crippen molar-refractivity contribution >= 4 is 0 Å². The molecule has 1 radical (unpaired) electrons. The van der Waals surface area contributed by atoms with Crippen molar-refractivity contribution in [2.75, 3.05) is 0 Å². The molecule has 0 aromatic carbocycles. The van der Waals surface area contributed by atoms with Crippen LogP contribution in [0.4, 0.5) is 0 Å². The molecule has 3 rings (SSSR count). The van der Waals surface area contributed by atoms with Crippen LogP contribution >= 0.6 is 0 Å². The van der Waals surface area contributed by atoms with Gasteiger partial charge in [-0.25, -0.2) is 0 Å². The third kappa shape index (κ3) is 0.878. The first-order valence-electron chi connectivity index (χ1n) is 5.28. The van der Waals surface area contributed by atoms with Crippen LogP contribution in [0.15, 0.2) is 0 Å². The maximum absolute atomic E-state index is 1.97. The molecule has 0 aliphatic heterocycles. The van der Waals surface area contributed by atoms with Gasteiger partial charge >= 0.3 is 0 Å². The van der Waals surface area contributed by atoms with Gasteiger partial charge in [0, 0.05) is 0 Å². The van der Waals surface area contributed by atoms with Crippen molar-refractivity contribution in [3.05, 3.63) is 5.92 Å². The lowest BCUT2D eigenvalue weighted by atomic mass is 9.66. The highest BCUT2D eigenvalue weighted by Gasteiger charge is 2.43. The second-order valence-electron chi connectivity index (χ2n) is 4.78. The van der Waals surface area contributed by atoms with E-state index in [1.54, 1.807) is 25.7 Å². The molecule has 0 N–H and O–H groups in total. The van der Waals surface area contributed by atoms with Crippen molar-refractivity contribution < 1.29 is 0 Å². The van der Waals surface area contributed by atoms with E-state index in [1.807, 2.05) is 5.92 Å². The predicted molar refractivity (Wildman–Crippen MR) is 46.0 cm³/mol. The Labute approximate surface area is 69.4 Å². The molecular weight excluding hydrogens is 132 g/mol. The minimum absolute atomic E-state index is 1.09. The zero-order chi connectivity index (χ0) is 7.26. The van der Waals surface area contributed by atoms with Gasteiger partial charge in [0.05, 0.1) is 0 Å². The van der Waals surface area contributed by atoms with Crippen molar-refractivity contribution in [2.45, 2.75) is 44.9 Å². The van der Waals surface area contributed by atoms with E-state index in [0.717, 1.165) is 17.8 Å². The molecule has 0 heteroatoms. The Hall–Kier alpha value is 0. The molecule has 0 amide bonds. The van der Waals surface area contributed by atoms with Gasteiger partial charge < -0.3 is 0 Å². The van der Waals surface area contributed by atoms with Crippen molar-refractivity contribution in [1.29, 1.82) is 0 Å². The molecule has 0 heterocycles. The largest absolute Gasteiger partial charge is 0.0525 e. The van der Waals surface area contributed by atoms with Gasteiger partial charge in [-0.15, -0.1) is 0 Å². The summed E-state index contributed by atoms with van der Waals surface area (Å²) in [5.74, 6) is 5.35. The number of fused-ring (bicyclic) bond motifs is 6. The highest BCUT2D eigenvalue weighted by molar-refractivity contribution is 5.09. The standard InChI is InChI=1S/C11H17/c1-2-8-6-9(3-1)11-5-4-10(8)7-11/h8,10-11H,1-7H2. The van der Waals surface area contributed by atoms with Crippen LogP contribution < -0.4 is 0 Å². The van der Waals surface area contributed by atoms with Crippen LogP contribution in [0.5, 0.6) is 0 Å². The molecule has 0 nitrogen and oxygen atoms in total. The summed E-state index contributed by atoms with van der Waals surface area (Å²) in [5, 5.41) is 0. The first-order chi connectivity index (χ1) is 5.43. The summed E-state index contributed by atoms with van der Waals surface area (Å²) in [4.78, 5) is 0. The van der Waals surface area contributed by atoms with Crippen LogP contribution in [0.1, 0.15) is 44.9 Å². The quantitative estimate of drug-likeness (QED) is 0.496. The Balaban J connectivity index is 1.88. The van der Waals surface area contributed by atoms with E-state index in [9.17, 15) is 0 Å². The van der Waals surface area contributed by atoms with Crippen molar-refractivity contribution in [3.8, 4) is 0 Å². The fourth-order valence-electron chi connectivity index (χ4n) is 3.72. The second-order valence-corrected chi connectivity index (χ2v) is 4.78. The SMILES string of the molecule is C1C[C]2CC(C1)C1CCC2C1. The van der Waals surface area contributed by atoms with Gasteiger partial charge in [0.25, 0.3) is 0 Å². The lowest BCUT2D eigenvalue weighted by Gasteiger charge is -2.39. The normalized spacial score (nSPS) is 49.6. The summed E-state index contributed by atoms with van der Waals surface area (Å²) in [6, 6.07) is 0.